The first kappa shape index (κ1) is 22.7. The minimum atomic E-state index is -0.887. The highest BCUT2D eigenvalue weighted by Gasteiger charge is 2.47. The first-order valence-electron chi connectivity index (χ1n) is 9.90. The van der Waals surface area contributed by atoms with Gasteiger partial charge in [-0.2, -0.15) is 0 Å². The summed E-state index contributed by atoms with van der Waals surface area (Å²) in [5.74, 6) is -1.30. The van der Waals surface area contributed by atoms with Gasteiger partial charge in [0, 0.05) is 10.7 Å². The van der Waals surface area contributed by atoms with Crippen LogP contribution in [-0.2, 0) is 9.59 Å². The largest absolute Gasteiger partial charge is 0.507 e. The fourth-order valence-corrected chi connectivity index (χ4v) is 4.45. The molecule has 33 heavy (non-hydrogen) atoms. The fraction of sp³-hybridized carbons (Fsp3) is 0.120. The molecule has 6 nitrogen and oxygen atoms in total. The number of hydrogen-bond acceptors (Lipinski definition) is 5. The topological polar surface area (TPSA) is 76.1 Å². The van der Waals surface area contributed by atoms with Crippen molar-refractivity contribution in [1.82, 2.24) is 0 Å². The van der Waals surface area contributed by atoms with E-state index >= 15 is 0 Å². The number of Topliss-reactive ketones (excluding diaryl/α,β-unsaturated/α-hetero) is 1. The Balaban J connectivity index is 1.97. The Labute approximate surface area is 200 Å². The van der Waals surface area contributed by atoms with Gasteiger partial charge in [0.05, 0.1) is 36.4 Å². The molecule has 0 saturated carbocycles. The van der Waals surface area contributed by atoms with Crippen LogP contribution in [0.5, 0.6) is 11.5 Å². The van der Waals surface area contributed by atoms with Crippen LogP contribution in [-0.4, -0.2) is 31.0 Å². The predicted molar refractivity (Wildman–Crippen MR) is 127 cm³/mol. The number of methoxy groups -OCH3 is 2. The van der Waals surface area contributed by atoms with Crippen LogP contribution in [0.15, 0.2) is 72.3 Å². The molecule has 3 aromatic carbocycles. The second-order valence-corrected chi connectivity index (χ2v) is 8.09. The van der Waals surface area contributed by atoms with E-state index in [1.165, 1.54) is 31.3 Å². The molecule has 1 saturated heterocycles. The first-order valence-corrected chi connectivity index (χ1v) is 10.7. The molecular formula is C25H19Cl2NO5. The molecule has 0 aliphatic carbocycles. The molecule has 1 unspecified atom stereocenters. The number of carbonyl (C=O) groups is 2. The smallest absolute Gasteiger partial charge is 0.300 e. The van der Waals surface area contributed by atoms with Gasteiger partial charge in [-0.05, 0) is 42.0 Å². The van der Waals surface area contributed by atoms with Crippen molar-refractivity contribution in [3.05, 3.63) is 93.5 Å². The molecular weight excluding hydrogens is 465 g/mol. The molecule has 1 aliphatic rings. The number of ketones is 1. The van der Waals surface area contributed by atoms with Crippen LogP contribution in [0.25, 0.3) is 5.76 Å². The third kappa shape index (κ3) is 4.03. The second-order valence-electron chi connectivity index (χ2n) is 7.25. The van der Waals surface area contributed by atoms with Gasteiger partial charge in [-0.25, -0.2) is 0 Å². The van der Waals surface area contributed by atoms with Gasteiger partial charge in [0.15, 0.2) is 0 Å². The van der Waals surface area contributed by atoms with Crippen molar-refractivity contribution < 1.29 is 24.2 Å². The Kier molecular flexibility index (Phi) is 6.31. The van der Waals surface area contributed by atoms with Gasteiger partial charge in [0.2, 0.25) is 0 Å². The molecule has 8 heteroatoms. The molecule has 1 amide bonds. The molecule has 0 spiro atoms. The zero-order valence-corrected chi connectivity index (χ0v) is 19.2. The summed E-state index contributed by atoms with van der Waals surface area (Å²) in [7, 11) is 2.92. The monoisotopic (exact) mass is 483 g/mol. The number of ether oxygens (including phenoxy) is 2. The van der Waals surface area contributed by atoms with Crippen LogP contribution in [0.1, 0.15) is 17.2 Å². The van der Waals surface area contributed by atoms with Gasteiger partial charge in [0.25, 0.3) is 11.7 Å². The van der Waals surface area contributed by atoms with Gasteiger partial charge in [-0.3, -0.25) is 14.5 Å². The third-order valence-electron chi connectivity index (χ3n) is 5.38. The maximum atomic E-state index is 13.2. The van der Waals surface area contributed by atoms with Crippen molar-refractivity contribution in [2.45, 2.75) is 6.04 Å². The summed E-state index contributed by atoms with van der Waals surface area (Å²) in [6.45, 7) is 0. The van der Waals surface area contributed by atoms with Crippen molar-refractivity contribution in [2.75, 3.05) is 19.1 Å². The summed E-state index contributed by atoms with van der Waals surface area (Å²) in [4.78, 5) is 27.8. The van der Waals surface area contributed by atoms with Crippen LogP contribution < -0.4 is 14.4 Å². The van der Waals surface area contributed by atoms with Crippen LogP contribution >= 0.6 is 23.2 Å². The number of benzene rings is 3. The van der Waals surface area contributed by atoms with Gasteiger partial charge < -0.3 is 14.6 Å². The molecule has 4 rings (SSSR count). The normalized spacial score (nSPS) is 17.3. The first-order chi connectivity index (χ1) is 15.9. The summed E-state index contributed by atoms with van der Waals surface area (Å²) in [5.41, 5.74) is 1.13. The maximum absolute atomic E-state index is 13.2. The van der Waals surface area contributed by atoms with Crippen molar-refractivity contribution >= 4 is 46.3 Å². The number of anilines is 1. The van der Waals surface area contributed by atoms with Crippen molar-refractivity contribution in [3.8, 4) is 11.5 Å². The molecule has 1 aliphatic heterocycles. The highest BCUT2D eigenvalue weighted by molar-refractivity contribution is 6.51. The van der Waals surface area contributed by atoms with E-state index in [-0.39, 0.29) is 26.9 Å². The third-order valence-corrected chi connectivity index (χ3v) is 5.88. The van der Waals surface area contributed by atoms with E-state index < -0.39 is 23.5 Å². The van der Waals surface area contributed by atoms with Gasteiger partial charge >= 0.3 is 0 Å². The molecule has 0 aromatic heterocycles. The Hall–Kier alpha value is -3.48. The second kappa shape index (κ2) is 9.17. The summed E-state index contributed by atoms with van der Waals surface area (Å²) in [6.07, 6.45) is 0. The lowest BCUT2D eigenvalue weighted by Gasteiger charge is -2.25. The molecule has 3 aromatic rings. The van der Waals surface area contributed by atoms with Crippen LogP contribution in [0.4, 0.5) is 5.69 Å². The lowest BCUT2D eigenvalue weighted by molar-refractivity contribution is -0.132. The average molecular weight is 484 g/mol. The molecule has 1 N–H and O–H groups in total. The SMILES string of the molecule is COc1ccc(N2C(=O)C(=O)/C(=C(/O)c3cc(Cl)cc(Cl)c3OC)C2c2ccccc2)cc1. The molecule has 1 heterocycles. The van der Waals surface area contributed by atoms with Gasteiger partial charge in [-0.15, -0.1) is 0 Å². The molecule has 0 bridgehead atoms. The van der Waals surface area contributed by atoms with Crippen molar-refractivity contribution in [1.29, 1.82) is 0 Å². The lowest BCUT2D eigenvalue weighted by atomic mass is 9.95. The minimum Gasteiger partial charge on any atom is -0.507 e. The van der Waals surface area contributed by atoms with E-state index in [0.29, 0.717) is 17.0 Å². The van der Waals surface area contributed by atoms with E-state index in [1.54, 1.807) is 48.5 Å². The maximum Gasteiger partial charge on any atom is 0.300 e. The highest BCUT2D eigenvalue weighted by atomic mass is 35.5. The number of aliphatic hydroxyl groups excluding tert-OH is 1. The van der Waals surface area contributed by atoms with Crippen LogP contribution in [0, 0.1) is 0 Å². The minimum absolute atomic E-state index is 0.0985. The van der Waals surface area contributed by atoms with E-state index in [2.05, 4.69) is 0 Å². The van der Waals surface area contributed by atoms with E-state index in [9.17, 15) is 14.7 Å². The number of hydrogen-bond donors (Lipinski definition) is 1. The standard InChI is InChI=1S/C25H19Cl2NO5/c1-32-17-10-8-16(9-11-17)28-21(14-6-4-3-5-7-14)20(23(30)25(28)31)22(29)18-12-15(26)13-19(27)24(18)33-2/h3-13,21,29H,1-2H3/b22-20+. The predicted octanol–water partition coefficient (Wildman–Crippen LogP) is 5.64. The molecule has 0 radical (unpaired) electrons. The highest BCUT2D eigenvalue weighted by Crippen LogP contribution is 2.45. The molecule has 168 valence electrons. The fourth-order valence-electron chi connectivity index (χ4n) is 3.88. The van der Waals surface area contributed by atoms with Gasteiger partial charge in [-0.1, -0.05) is 53.5 Å². The number of amides is 1. The van der Waals surface area contributed by atoms with E-state index in [1.807, 2.05) is 6.07 Å². The molecule has 1 atom stereocenters. The van der Waals surface area contributed by atoms with Gasteiger partial charge in [0.1, 0.15) is 17.3 Å². The number of carbonyl (C=O) groups excluding carboxylic acids is 2. The Bertz CT molecular complexity index is 1260. The number of halogens is 2. The number of rotatable bonds is 5. The van der Waals surface area contributed by atoms with Crippen LogP contribution in [0.3, 0.4) is 0 Å². The summed E-state index contributed by atoms with van der Waals surface area (Å²) >= 11 is 12.4. The summed E-state index contributed by atoms with van der Waals surface area (Å²) < 4.78 is 10.5. The zero-order valence-electron chi connectivity index (χ0n) is 17.7. The zero-order chi connectivity index (χ0) is 23.7. The van der Waals surface area contributed by atoms with Crippen molar-refractivity contribution in [2.24, 2.45) is 0 Å². The summed E-state index contributed by atoms with van der Waals surface area (Å²) in [6, 6.07) is 17.7. The Morgan fingerprint density at radius 1 is 0.939 bits per heavy atom. The quantitative estimate of drug-likeness (QED) is 0.288. The molecule has 1 fully saturated rings. The van der Waals surface area contributed by atoms with Crippen molar-refractivity contribution in [3.63, 3.8) is 0 Å². The van der Waals surface area contributed by atoms with Crippen LogP contribution in [0.2, 0.25) is 10.0 Å². The Morgan fingerprint density at radius 3 is 2.21 bits per heavy atom. The number of nitrogens with zero attached hydrogens (tertiary/aromatic N) is 1. The number of aliphatic hydroxyl groups is 1. The summed E-state index contributed by atoms with van der Waals surface area (Å²) in [5, 5.41) is 11.7. The van der Waals surface area contributed by atoms with E-state index in [4.69, 9.17) is 32.7 Å². The average Bonchev–Trinajstić information content (AvgIpc) is 3.09. The van der Waals surface area contributed by atoms with E-state index in [0.717, 1.165) is 0 Å². The lowest BCUT2D eigenvalue weighted by Crippen LogP contribution is -2.29. The Morgan fingerprint density at radius 2 is 1.61 bits per heavy atom.